The van der Waals surface area contributed by atoms with E-state index in [9.17, 15) is 45.5 Å². The lowest BCUT2D eigenvalue weighted by Crippen LogP contribution is -2.43. The number of hydrogen-bond donors (Lipinski definition) is 2. The Kier molecular flexibility index (Phi) is 6.09. The highest BCUT2D eigenvalue weighted by molar-refractivity contribution is 5.94. The van der Waals surface area contributed by atoms with Crippen molar-refractivity contribution in [3.8, 4) is 0 Å². The Labute approximate surface area is 144 Å². The number of carbonyl (C=O) groups is 4. The zero-order chi connectivity index (χ0) is 21.2. The second-order valence-corrected chi connectivity index (χ2v) is 4.71. The molecule has 0 saturated carbocycles. The van der Waals surface area contributed by atoms with E-state index in [2.05, 4.69) is 0 Å². The second kappa shape index (κ2) is 7.55. The molecule has 0 atom stereocenters. The van der Waals surface area contributed by atoms with E-state index in [4.69, 9.17) is 14.6 Å². The number of nitrogens with zero attached hydrogens (tertiary/aromatic N) is 2. The Bertz CT molecular complexity index is 694. The number of halogens is 6. The molecular weight excluding hydrogens is 398 g/mol. The highest BCUT2D eigenvalue weighted by atomic mass is 19.4. The molecular formula is C12H8F6N2O7. The molecule has 0 fully saturated rings. The highest BCUT2D eigenvalue weighted by Crippen LogP contribution is 2.23. The van der Waals surface area contributed by atoms with Gasteiger partial charge in [-0.1, -0.05) is 0 Å². The molecule has 1 aromatic rings. The van der Waals surface area contributed by atoms with E-state index in [0.29, 0.717) is 0 Å². The Balaban J connectivity index is 2.99. The van der Waals surface area contributed by atoms with E-state index in [-0.39, 0.29) is 0 Å². The summed E-state index contributed by atoms with van der Waals surface area (Å²) < 4.78 is 78.7. The molecule has 0 radical (unpaired) electrons. The predicted molar refractivity (Wildman–Crippen MR) is 68.0 cm³/mol. The fourth-order valence-electron chi connectivity index (χ4n) is 1.66. The first kappa shape index (κ1) is 21.8. The smallest absolute Gasteiger partial charge is 0.465 e. The lowest BCUT2D eigenvalue weighted by molar-refractivity contribution is -0.183. The quantitative estimate of drug-likeness (QED) is 0.735. The van der Waals surface area contributed by atoms with Crippen molar-refractivity contribution in [2.24, 2.45) is 0 Å². The topological polar surface area (TPSA) is 128 Å². The van der Waals surface area contributed by atoms with Gasteiger partial charge in [-0.2, -0.15) is 26.3 Å². The van der Waals surface area contributed by atoms with Gasteiger partial charge in [0.15, 0.2) is 0 Å². The molecule has 0 saturated heterocycles. The number of imide groups is 2. The minimum Gasteiger partial charge on any atom is -0.465 e. The number of alkyl halides is 6. The third-order valence-electron chi connectivity index (χ3n) is 2.78. The lowest BCUT2D eigenvalue weighted by Gasteiger charge is -2.18. The number of furan rings is 1. The van der Waals surface area contributed by atoms with Crippen LogP contribution in [0, 0.1) is 0 Å². The van der Waals surface area contributed by atoms with Crippen LogP contribution in [0.3, 0.4) is 0 Å². The minimum atomic E-state index is -5.52. The summed E-state index contributed by atoms with van der Waals surface area (Å²) in [7, 11) is 0. The average Bonchev–Trinajstić information content (AvgIpc) is 2.93. The van der Waals surface area contributed by atoms with Crippen LogP contribution in [-0.2, 0) is 22.7 Å². The predicted octanol–water partition coefficient (Wildman–Crippen LogP) is 2.42. The van der Waals surface area contributed by atoms with Crippen LogP contribution in [0.1, 0.15) is 11.5 Å². The Hall–Kier alpha value is -3.26. The third-order valence-corrected chi connectivity index (χ3v) is 2.78. The van der Waals surface area contributed by atoms with Gasteiger partial charge in [-0.25, -0.2) is 19.4 Å². The van der Waals surface area contributed by atoms with Crippen LogP contribution >= 0.6 is 0 Å². The summed E-state index contributed by atoms with van der Waals surface area (Å²) in [5, 5.41) is 17.3. The van der Waals surface area contributed by atoms with Gasteiger partial charge in [0, 0.05) is 0 Å². The van der Waals surface area contributed by atoms with Crippen molar-refractivity contribution in [3.63, 3.8) is 0 Å². The van der Waals surface area contributed by atoms with Gasteiger partial charge in [0.2, 0.25) is 0 Å². The highest BCUT2D eigenvalue weighted by Gasteiger charge is 2.46. The zero-order valence-electron chi connectivity index (χ0n) is 12.7. The van der Waals surface area contributed by atoms with Crippen LogP contribution in [0.25, 0.3) is 0 Å². The second-order valence-electron chi connectivity index (χ2n) is 4.71. The van der Waals surface area contributed by atoms with E-state index in [0.717, 1.165) is 12.1 Å². The molecule has 4 amide bonds. The summed E-state index contributed by atoms with van der Waals surface area (Å²) in [6.07, 6.45) is -15.6. The molecule has 1 rings (SSSR count). The van der Waals surface area contributed by atoms with Gasteiger partial charge in [0.25, 0.3) is 0 Å². The number of hydrogen-bond acceptors (Lipinski definition) is 5. The van der Waals surface area contributed by atoms with E-state index in [1.54, 1.807) is 0 Å². The monoisotopic (exact) mass is 406 g/mol. The summed E-state index contributed by atoms with van der Waals surface area (Å²) in [6.45, 7) is -2.51. The van der Waals surface area contributed by atoms with Crippen LogP contribution in [0.4, 0.5) is 35.9 Å². The molecule has 0 unspecified atom stereocenters. The molecule has 0 bridgehead atoms. The normalized spacial score (nSPS) is 11.8. The van der Waals surface area contributed by atoms with Crippen LogP contribution in [0.15, 0.2) is 16.5 Å². The standard InChI is InChI=1S/C12H8F6N2O7/c13-11(14,15)7(21)19(9(23)24)3-5-1-2-6(27-5)4-20(10(25)26)8(22)12(16,17)18/h1-2H,3-4H2,(H,23,24)(H,25,26). The first-order valence-electron chi connectivity index (χ1n) is 6.45. The molecule has 2 N–H and O–H groups in total. The first-order chi connectivity index (χ1) is 12.1. The fourth-order valence-corrected chi connectivity index (χ4v) is 1.66. The van der Waals surface area contributed by atoms with E-state index >= 15 is 0 Å². The number of rotatable bonds is 4. The molecule has 0 aliphatic carbocycles. The number of carboxylic acid groups (broad SMARTS) is 2. The minimum absolute atomic E-state index is 0.616. The summed E-state index contributed by atoms with van der Waals surface area (Å²) >= 11 is 0. The van der Waals surface area contributed by atoms with Gasteiger partial charge in [-0.15, -0.1) is 0 Å². The zero-order valence-corrected chi connectivity index (χ0v) is 12.7. The van der Waals surface area contributed by atoms with Crippen molar-refractivity contribution in [2.45, 2.75) is 25.4 Å². The maximum atomic E-state index is 12.3. The van der Waals surface area contributed by atoms with E-state index in [1.807, 2.05) is 0 Å². The SMILES string of the molecule is O=C(O)N(Cc1ccc(CN(C(=O)O)C(=O)C(F)(F)F)o1)C(=O)C(F)(F)F. The molecule has 27 heavy (non-hydrogen) atoms. The van der Waals surface area contributed by atoms with Crippen molar-refractivity contribution in [1.82, 2.24) is 9.80 Å². The van der Waals surface area contributed by atoms with Crippen molar-refractivity contribution in [1.29, 1.82) is 0 Å². The van der Waals surface area contributed by atoms with Gasteiger partial charge >= 0.3 is 36.4 Å². The van der Waals surface area contributed by atoms with Crippen molar-refractivity contribution in [2.75, 3.05) is 0 Å². The van der Waals surface area contributed by atoms with Crippen molar-refractivity contribution < 1.29 is 60.2 Å². The maximum Gasteiger partial charge on any atom is 0.471 e. The Morgan fingerprint density at radius 3 is 1.30 bits per heavy atom. The summed E-state index contributed by atoms with van der Waals surface area (Å²) in [5.74, 6) is -6.72. The van der Waals surface area contributed by atoms with Crippen LogP contribution in [0.2, 0.25) is 0 Å². The molecule has 0 aliphatic heterocycles. The molecule has 150 valence electrons. The molecule has 0 aliphatic rings. The summed E-state index contributed by atoms with van der Waals surface area (Å²) in [5.41, 5.74) is 0. The average molecular weight is 406 g/mol. The Morgan fingerprint density at radius 1 is 0.778 bits per heavy atom. The van der Waals surface area contributed by atoms with Gasteiger partial charge < -0.3 is 14.6 Å². The number of amides is 4. The summed E-state index contributed by atoms with van der Waals surface area (Å²) in [6, 6.07) is 1.60. The summed E-state index contributed by atoms with van der Waals surface area (Å²) in [4.78, 5) is 42.2. The van der Waals surface area contributed by atoms with E-state index < -0.39 is 70.8 Å². The van der Waals surface area contributed by atoms with Gasteiger partial charge in [0.05, 0.1) is 13.1 Å². The largest absolute Gasteiger partial charge is 0.471 e. The third kappa shape index (κ3) is 5.61. The van der Waals surface area contributed by atoms with Gasteiger partial charge in [0.1, 0.15) is 11.5 Å². The van der Waals surface area contributed by atoms with Crippen LogP contribution in [-0.4, -0.2) is 56.4 Å². The van der Waals surface area contributed by atoms with Gasteiger partial charge in [-0.3, -0.25) is 9.59 Å². The molecule has 0 aromatic carbocycles. The van der Waals surface area contributed by atoms with Gasteiger partial charge in [-0.05, 0) is 12.1 Å². The van der Waals surface area contributed by atoms with Crippen molar-refractivity contribution in [3.05, 3.63) is 23.7 Å². The molecule has 1 aromatic heterocycles. The number of carbonyl (C=O) groups excluding carboxylic acids is 2. The molecule has 15 heteroatoms. The molecule has 0 spiro atoms. The van der Waals surface area contributed by atoms with E-state index in [1.165, 1.54) is 0 Å². The maximum absolute atomic E-state index is 12.3. The molecule has 9 nitrogen and oxygen atoms in total. The molecule has 1 heterocycles. The Morgan fingerprint density at radius 2 is 1.07 bits per heavy atom. The van der Waals surface area contributed by atoms with Crippen LogP contribution < -0.4 is 0 Å². The fraction of sp³-hybridized carbons (Fsp3) is 0.333. The lowest BCUT2D eigenvalue weighted by atomic mass is 10.3. The van der Waals surface area contributed by atoms with Crippen LogP contribution in [0.5, 0.6) is 0 Å². The first-order valence-corrected chi connectivity index (χ1v) is 6.45. The van der Waals surface area contributed by atoms with Crippen molar-refractivity contribution >= 4 is 24.0 Å².